The first-order valence-electron chi connectivity index (χ1n) is 26.9. The maximum absolute atomic E-state index is 12.8. The molecule has 0 aliphatic heterocycles. The summed E-state index contributed by atoms with van der Waals surface area (Å²) in [7, 11) is -4.73. The molecule has 0 aromatic carbocycles. The molecule has 0 amide bonds. The van der Waals surface area contributed by atoms with Crippen molar-refractivity contribution in [2.45, 2.75) is 264 Å². The minimum absolute atomic E-state index is 0.169. The molecule has 66 heavy (non-hydrogen) atoms. The van der Waals surface area contributed by atoms with Gasteiger partial charge in [-0.2, -0.15) is 0 Å². The summed E-state index contributed by atoms with van der Waals surface area (Å²) in [6, 6.07) is 0. The van der Waals surface area contributed by atoms with Crippen LogP contribution >= 0.6 is 7.82 Å². The van der Waals surface area contributed by atoms with Crippen molar-refractivity contribution < 1.29 is 52.2 Å². The first kappa shape index (κ1) is 63.7. The third-order valence-electron chi connectivity index (χ3n) is 11.6. The highest BCUT2D eigenvalue weighted by atomic mass is 31.2. The molecule has 11 nitrogen and oxygen atoms in total. The molecule has 3 atom stereocenters. The Morgan fingerprint density at radius 2 is 0.742 bits per heavy atom. The number of hydrogen-bond acceptors (Lipinski definition) is 10. The Morgan fingerprint density at radius 1 is 0.424 bits per heavy atom. The van der Waals surface area contributed by atoms with Crippen LogP contribution in [0.1, 0.15) is 252 Å². The monoisotopic (exact) mass is 955 g/mol. The van der Waals surface area contributed by atoms with Gasteiger partial charge in [0, 0.05) is 19.3 Å². The minimum atomic E-state index is -4.73. The van der Waals surface area contributed by atoms with Crippen LogP contribution in [-0.2, 0) is 42.2 Å². The van der Waals surface area contributed by atoms with E-state index in [0.717, 1.165) is 89.9 Å². The van der Waals surface area contributed by atoms with E-state index in [4.69, 9.17) is 23.3 Å². The Kier molecular flexibility index (Phi) is 47.4. The summed E-state index contributed by atoms with van der Waals surface area (Å²) in [6.45, 7) is 4.58. The van der Waals surface area contributed by atoms with Crippen LogP contribution in [0.3, 0.4) is 0 Å². The van der Waals surface area contributed by atoms with E-state index in [9.17, 15) is 28.9 Å². The molecule has 0 heterocycles. The van der Waals surface area contributed by atoms with Gasteiger partial charge in [-0.3, -0.25) is 23.4 Å². The van der Waals surface area contributed by atoms with Gasteiger partial charge >= 0.3 is 25.7 Å². The van der Waals surface area contributed by atoms with Crippen molar-refractivity contribution in [2.75, 3.05) is 26.4 Å². The van der Waals surface area contributed by atoms with Crippen LogP contribution in [0.2, 0.25) is 0 Å². The number of carbonyl (C=O) groups is 3. The zero-order chi connectivity index (χ0) is 48.4. The summed E-state index contributed by atoms with van der Waals surface area (Å²) >= 11 is 0. The number of phosphoric ester groups is 1. The zero-order valence-corrected chi connectivity index (χ0v) is 43.3. The molecule has 0 aromatic rings. The molecule has 386 valence electrons. The maximum Gasteiger partial charge on any atom is 0.472 e. The van der Waals surface area contributed by atoms with Crippen molar-refractivity contribution in [1.29, 1.82) is 0 Å². The second kappa shape index (κ2) is 49.1. The largest absolute Gasteiger partial charge is 0.472 e. The van der Waals surface area contributed by atoms with Crippen LogP contribution in [0.4, 0.5) is 0 Å². The molecular weight excluding hydrogens is 856 g/mol. The zero-order valence-electron chi connectivity index (χ0n) is 42.4. The van der Waals surface area contributed by atoms with Gasteiger partial charge in [0.05, 0.1) is 19.8 Å². The van der Waals surface area contributed by atoms with Crippen LogP contribution < -0.4 is 0 Å². The van der Waals surface area contributed by atoms with Gasteiger partial charge in [-0.15, -0.1) is 0 Å². The molecule has 0 fully saturated rings. The van der Waals surface area contributed by atoms with Gasteiger partial charge in [-0.1, -0.05) is 211 Å². The van der Waals surface area contributed by atoms with Crippen LogP contribution in [0.15, 0.2) is 36.5 Å². The molecule has 0 aliphatic carbocycles. The Morgan fingerprint density at radius 3 is 1.17 bits per heavy atom. The summed E-state index contributed by atoms with van der Waals surface area (Å²) in [6.07, 6.45) is 48.3. The normalized spacial score (nSPS) is 13.7. The lowest BCUT2D eigenvalue weighted by Crippen LogP contribution is -2.30. The number of rotatable bonds is 50. The SMILES string of the molecule is CCCCC/C=C\C/C=C\C/C=C\CCCCCCCCC(=O)OCC(COP(=O)(O)OCC(CO)OC(=O)CCCCCCCCCCC)OC(=O)CCCCCCCCCCCCC. The summed E-state index contributed by atoms with van der Waals surface area (Å²) in [5.74, 6) is -1.47. The van der Waals surface area contributed by atoms with E-state index >= 15 is 0 Å². The van der Waals surface area contributed by atoms with E-state index in [0.29, 0.717) is 19.3 Å². The lowest BCUT2D eigenvalue weighted by Gasteiger charge is -2.21. The number of aliphatic hydroxyl groups excluding tert-OH is 1. The Bertz CT molecular complexity index is 1250. The van der Waals surface area contributed by atoms with E-state index in [2.05, 4.69) is 57.2 Å². The highest BCUT2D eigenvalue weighted by Gasteiger charge is 2.28. The molecule has 0 aromatic heterocycles. The van der Waals surface area contributed by atoms with Gasteiger partial charge in [0.25, 0.3) is 0 Å². The number of hydrogen-bond donors (Lipinski definition) is 2. The number of unbranched alkanes of at least 4 members (excludes halogenated alkanes) is 27. The number of aliphatic hydroxyl groups is 1. The predicted octanol–water partition coefficient (Wildman–Crippen LogP) is 15.3. The molecule has 0 rings (SSSR count). The third-order valence-corrected chi connectivity index (χ3v) is 12.5. The lowest BCUT2D eigenvalue weighted by molar-refractivity contribution is -0.161. The van der Waals surface area contributed by atoms with Crippen LogP contribution in [-0.4, -0.2) is 66.5 Å². The molecule has 0 spiro atoms. The van der Waals surface area contributed by atoms with Crippen molar-refractivity contribution in [3.05, 3.63) is 36.5 Å². The molecule has 3 unspecified atom stereocenters. The number of esters is 3. The topological polar surface area (TPSA) is 155 Å². The fraction of sp³-hybridized carbons (Fsp3) is 0.833. The average Bonchev–Trinajstić information content (AvgIpc) is 3.30. The van der Waals surface area contributed by atoms with Gasteiger partial charge in [0.15, 0.2) is 6.10 Å². The van der Waals surface area contributed by atoms with Gasteiger partial charge in [0.1, 0.15) is 12.7 Å². The summed E-state index contributed by atoms with van der Waals surface area (Å²) < 4.78 is 39.3. The van der Waals surface area contributed by atoms with E-state index in [1.165, 1.54) is 103 Å². The van der Waals surface area contributed by atoms with Crippen molar-refractivity contribution >= 4 is 25.7 Å². The first-order chi connectivity index (χ1) is 32.2. The summed E-state index contributed by atoms with van der Waals surface area (Å²) in [5, 5.41) is 9.74. The average molecular weight is 955 g/mol. The molecule has 12 heteroatoms. The molecule has 0 saturated heterocycles. The van der Waals surface area contributed by atoms with Crippen molar-refractivity contribution in [3.8, 4) is 0 Å². The minimum Gasteiger partial charge on any atom is -0.462 e. The maximum atomic E-state index is 12.8. The molecule has 0 bridgehead atoms. The fourth-order valence-electron chi connectivity index (χ4n) is 7.42. The summed E-state index contributed by atoms with van der Waals surface area (Å²) in [4.78, 5) is 48.2. The van der Waals surface area contributed by atoms with E-state index in [1.54, 1.807) is 0 Å². The second-order valence-corrected chi connectivity index (χ2v) is 19.5. The van der Waals surface area contributed by atoms with Gasteiger partial charge in [-0.25, -0.2) is 4.57 Å². The predicted molar refractivity (Wildman–Crippen MR) is 270 cm³/mol. The van der Waals surface area contributed by atoms with Crippen LogP contribution in [0.5, 0.6) is 0 Å². The van der Waals surface area contributed by atoms with Gasteiger partial charge < -0.3 is 24.2 Å². The number of ether oxygens (including phenoxy) is 3. The summed E-state index contributed by atoms with van der Waals surface area (Å²) in [5.41, 5.74) is 0. The lowest BCUT2D eigenvalue weighted by atomic mass is 10.1. The number of allylic oxidation sites excluding steroid dienone is 6. The number of phosphoric acid groups is 1. The van der Waals surface area contributed by atoms with Crippen LogP contribution in [0, 0.1) is 0 Å². The highest BCUT2D eigenvalue weighted by Crippen LogP contribution is 2.43. The highest BCUT2D eigenvalue weighted by molar-refractivity contribution is 7.47. The van der Waals surface area contributed by atoms with Gasteiger partial charge in [0.2, 0.25) is 0 Å². The van der Waals surface area contributed by atoms with E-state index < -0.39 is 57.8 Å². The van der Waals surface area contributed by atoms with Gasteiger partial charge in [-0.05, 0) is 57.8 Å². The second-order valence-electron chi connectivity index (χ2n) is 18.1. The van der Waals surface area contributed by atoms with Crippen molar-refractivity contribution in [2.24, 2.45) is 0 Å². The Labute approximate surface area is 403 Å². The van der Waals surface area contributed by atoms with Crippen LogP contribution in [0.25, 0.3) is 0 Å². The smallest absolute Gasteiger partial charge is 0.462 e. The molecular formula is C54H99O11P. The fourth-order valence-corrected chi connectivity index (χ4v) is 8.21. The van der Waals surface area contributed by atoms with E-state index in [1.807, 2.05) is 0 Å². The van der Waals surface area contributed by atoms with Crippen molar-refractivity contribution in [3.63, 3.8) is 0 Å². The first-order valence-corrected chi connectivity index (χ1v) is 28.4. The molecule has 0 radical (unpaired) electrons. The molecule has 0 aliphatic rings. The Balaban J connectivity index is 4.68. The van der Waals surface area contributed by atoms with E-state index in [-0.39, 0.29) is 25.9 Å². The molecule has 2 N–H and O–H groups in total. The number of carbonyl (C=O) groups excluding carboxylic acids is 3. The third kappa shape index (κ3) is 46.8. The quantitative estimate of drug-likeness (QED) is 0.0197. The standard InChI is InChI=1S/C54H99O11P/c1-4-7-10-13-16-19-21-22-23-24-25-26-27-28-30-32-34-37-40-43-52(56)61-47-51(65-54(58)45-42-39-36-33-29-20-17-14-11-8-5-2)49-63-66(59,60)62-48-50(46-55)64-53(57)44-41-38-35-31-18-15-12-9-6-3/h16,19,22-23,25-26,50-51,55H,4-15,17-18,20-21,24,27-49H2,1-3H3,(H,59,60)/b19-16-,23-22-,26-25-. The van der Waals surface area contributed by atoms with Crippen molar-refractivity contribution in [1.82, 2.24) is 0 Å². The Hall–Kier alpha value is -2.30. The molecule has 0 saturated carbocycles.